The third-order valence-corrected chi connectivity index (χ3v) is 7.12. The van der Waals surface area contributed by atoms with Crippen LogP contribution in [0.15, 0.2) is 60.7 Å². The van der Waals surface area contributed by atoms with Crippen LogP contribution in [-0.2, 0) is 41.8 Å². The summed E-state index contributed by atoms with van der Waals surface area (Å²) in [5.74, 6) is -1.62. The number of carbonyl (C=O) groups is 4. The van der Waals surface area contributed by atoms with Gasteiger partial charge in [0.25, 0.3) is 0 Å². The minimum atomic E-state index is -1.08. The lowest BCUT2D eigenvalue weighted by atomic mass is 9.90. The Bertz CT molecular complexity index is 1150. The van der Waals surface area contributed by atoms with Gasteiger partial charge in [-0.25, -0.2) is 9.59 Å². The van der Waals surface area contributed by atoms with Crippen molar-refractivity contribution in [3.63, 3.8) is 0 Å². The van der Waals surface area contributed by atoms with Crippen molar-refractivity contribution in [3.8, 4) is 0 Å². The summed E-state index contributed by atoms with van der Waals surface area (Å²) in [5.41, 5.74) is 1.30. The fourth-order valence-corrected chi connectivity index (χ4v) is 4.19. The van der Waals surface area contributed by atoms with E-state index < -0.39 is 48.7 Å². The van der Waals surface area contributed by atoms with Gasteiger partial charge in [0.15, 0.2) is 0 Å². The highest BCUT2D eigenvalue weighted by Gasteiger charge is 2.40. The molecule has 0 aromatic heterocycles. The molecule has 9 nitrogen and oxygen atoms in total. The van der Waals surface area contributed by atoms with Crippen molar-refractivity contribution in [1.82, 2.24) is 9.80 Å². The second kappa shape index (κ2) is 14.0. The highest BCUT2D eigenvalue weighted by atomic mass is 16.6. The van der Waals surface area contributed by atoms with Crippen LogP contribution in [0.5, 0.6) is 0 Å². The first-order valence-corrected chi connectivity index (χ1v) is 13.6. The molecule has 0 spiro atoms. The Labute approximate surface area is 236 Å². The largest absolute Gasteiger partial charge is 0.461 e. The first-order chi connectivity index (χ1) is 19.0. The van der Waals surface area contributed by atoms with Crippen molar-refractivity contribution in [2.75, 3.05) is 13.1 Å². The standard InChI is InChI=1S/C31H40N2O7/c1-22(28(35)32-18-12-17-26(32)29(36)38-20-24-13-8-6-9-14-24)33(19-27(34)40-23(2)31(3,4)5)30(37)39-21-25-15-10-7-11-16-25/h6-11,13-16,22-23,26H,12,17-21H2,1-5H3/t22-,23?,26-/m0/s1. The van der Waals surface area contributed by atoms with Crippen LogP contribution in [-0.4, -0.2) is 65.0 Å². The van der Waals surface area contributed by atoms with E-state index >= 15 is 0 Å². The van der Waals surface area contributed by atoms with E-state index in [-0.39, 0.29) is 18.6 Å². The number of rotatable bonds is 10. The van der Waals surface area contributed by atoms with Gasteiger partial charge < -0.3 is 19.1 Å². The molecule has 3 rings (SSSR count). The van der Waals surface area contributed by atoms with Crippen molar-refractivity contribution in [3.05, 3.63) is 71.8 Å². The maximum absolute atomic E-state index is 13.6. The van der Waals surface area contributed by atoms with Gasteiger partial charge in [0.05, 0.1) is 0 Å². The van der Waals surface area contributed by atoms with Crippen LogP contribution in [0, 0.1) is 5.41 Å². The molecule has 9 heteroatoms. The van der Waals surface area contributed by atoms with Crippen molar-refractivity contribution in [2.45, 2.75) is 78.9 Å². The van der Waals surface area contributed by atoms with Gasteiger partial charge in [-0.15, -0.1) is 0 Å². The third kappa shape index (κ3) is 8.56. The van der Waals surface area contributed by atoms with E-state index in [0.29, 0.717) is 19.4 Å². The van der Waals surface area contributed by atoms with Crippen LogP contribution in [0.25, 0.3) is 0 Å². The molecule has 2 aromatic carbocycles. The van der Waals surface area contributed by atoms with Crippen molar-refractivity contribution >= 4 is 23.9 Å². The zero-order valence-corrected chi connectivity index (χ0v) is 24.0. The predicted molar refractivity (Wildman–Crippen MR) is 149 cm³/mol. The molecule has 216 valence electrons. The molecule has 0 N–H and O–H groups in total. The minimum Gasteiger partial charge on any atom is -0.461 e. The fraction of sp³-hybridized carbons (Fsp3) is 0.484. The Balaban J connectivity index is 1.71. The lowest BCUT2D eigenvalue weighted by Crippen LogP contribution is -2.54. The number of carbonyl (C=O) groups excluding carboxylic acids is 4. The normalized spacial score (nSPS) is 16.5. The van der Waals surface area contributed by atoms with Gasteiger partial charge >= 0.3 is 18.0 Å². The summed E-state index contributed by atoms with van der Waals surface area (Å²) in [5, 5.41) is 0. The van der Waals surface area contributed by atoms with Gasteiger partial charge in [-0.1, -0.05) is 81.4 Å². The van der Waals surface area contributed by atoms with E-state index in [9.17, 15) is 19.2 Å². The number of hydrogen-bond donors (Lipinski definition) is 0. The molecule has 1 aliphatic heterocycles. The fourth-order valence-electron chi connectivity index (χ4n) is 4.19. The number of amides is 2. The zero-order chi connectivity index (χ0) is 29.3. The summed E-state index contributed by atoms with van der Waals surface area (Å²) in [6, 6.07) is 16.6. The van der Waals surface area contributed by atoms with E-state index in [1.807, 2.05) is 69.3 Å². The SMILES string of the molecule is CC(OC(=O)CN(C(=O)OCc1ccccc1)[C@@H](C)C(=O)N1CCC[C@H]1C(=O)OCc1ccccc1)C(C)(C)C. The van der Waals surface area contributed by atoms with E-state index in [4.69, 9.17) is 14.2 Å². The van der Waals surface area contributed by atoms with E-state index in [0.717, 1.165) is 16.0 Å². The van der Waals surface area contributed by atoms with Crippen LogP contribution in [0.2, 0.25) is 0 Å². The number of esters is 2. The Morgan fingerprint density at radius 2 is 1.45 bits per heavy atom. The molecule has 0 bridgehead atoms. The van der Waals surface area contributed by atoms with Gasteiger partial charge in [0, 0.05) is 6.54 Å². The average Bonchev–Trinajstić information content (AvgIpc) is 3.43. The second-order valence-electron chi connectivity index (χ2n) is 11.1. The Morgan fingerprint density at radius 3 is 2.00 bits per heavy atom. The van der Waals surface area contributed by atoms with Crippen LogP contribution in [0.4, 0.5) is 4.79 Å². The van der Waals surface area contributed by atoms with Crippen LogP contribution in [0.3, 0.4) is 0 Å². The summed E-state index contributed by atoms with van der Waals surface area (Å²) in [7, 11) is 0. The molecule has 40 heavy (non-hydrogen) atoms. The molecule has 0 aliphatic carbocycles. The molecular weight excluding hydrogens is 512 g/mol. The monoisotopic (exact) mass is 552 g/mol. The highest BCUT2D eigenvalue weighted by molar-refractivity contribution is 5.91. The number of benzene rings is 2. The van der Waals surface area contributed by atoms with Crippen molar-refractivity contribution in [1.29, 1.82) is 0 Å². The summed E-state index contributed by atoms with van der Waals surface area (Å²) >= 11 is 0. The van der Waals surface area contributed by atoms with Gasteiger partial charge in [-0.05, 0) is 43.2 Å². The second-order valence-corrected chi connectivity index (χ2v) is 11.1. The first kappa shape index (κ1) is 30.7. The van der Waals surface area contributed by atoms with Crippen molar-refractivity contribution in [2.24, 2.45) is 5.41 Å². The maximum atomic E-state index is 13.6. The average molecular weight is 553 g/mol. The van der Waals surface area contributed by atoms with Gasteiger partial charge in [0.1, 0.15) is 37.9 Å². The third-order valence-electron chi connectivity index (χ3n) is 7.12. The highest BCUT2D eigenvalue weighted by Crippen LogP contribution is 2.24. The molecule has 1 heterocycles. The van der Waals surface area contributed by atoms with Crippen LogP contribution >= 0.6 is 0 Å². The minimum absolute atomic E-state index is 0.0251. The maximum Gasteiger partial charge on any atom is 0.411 e. The summed E-state index contributed by atoms with van der Waals surface area (Å²) in [6.45, 7) is 9.06. The quantitative estimate of drug-likeness (QED) is 0.310. The van der Waals surface area contributed by atoms with Gasteiger partial charge in [0.2, 0.25) is 5.91 Å². The Hall–Kier alpha value is -3.88. The van der Waals surface area contributed by atoms with Crippen molar-refractivity contribution < 1.29 is 33.4 Å². The lowest BCUT2D eigenvalue weighted by molar-refractivity contribution is -0.158. The summed E-state index contributed by atoms with van der Waals surface area (Å²) < 4.78 is 16.5. The molecule has 0 radical (unpaired) electrons. The van der Waals surface area contributed by atoms with Gasteiger partial charge in [-0.3, -0.25) is 14.5 Å². The number of likely N-dealkylation sites (tertiary alicyclic amines) is 1. The summed E-state index contributed by atoms with van der Waals surface area (Å²) in [6.07, 6.45) is -0.175. The van der Waals surface area contributed by atoms with Crippen LogP contribution < -0.4 is 0 Å². The number of nitrogens with zero attached hydrogens (tertiary/aromatic N) is 2. The predicted octanol–water partition coefficient (Wildman–Crippen LogP) is 4.73. The van der Waals surface area contributed by atoms with E-state index in [1.165, 1.54) is 11.8 Å². The molecule has 1 aliphatic rings. The number of ether oxygens (including phenoxy) is 3. The first-order valence-electron chi connectivity index (χ1n) is 13.6. The van der Waals surface area contributed by atoms with Gasteiger partial charge in [-0.2, -0.15) is 0 Å². The van der Waals surface area contributed by atoms with E-state index in [1.54, 1.807) is 19.1 Å². The lowest BCUT2D eigenvalue weighted by Gasteiger charge is -2.33. The topological polar surface area (TPSA) is 102 Å². The molecule has 2 amide bonds. The molecule has 1 unspecified atom stereocenters. The molecule has 1 fully saturated rings. The van der Waals surface area contributed by atoms with Crippen LogP contribution in [0.1, 0.15) is 58.6 Å². The zero-order valence-electron chi connectivity index (χ0n) is 24.0. The molecule has 0 saturated carbocycles. The summed E-state index contributed by atoms with van der Waals surface area (Å²) in [4.78, 5) is 55.1. The Kier molecular flexibility index (Phi) is 10.7. The molecule has 2 aromatic rings. The molecule has 1 saturated heterocycles. The molecule has 3 atom stereocenters. The van der Waals surface area contributed by atoms with E-state index in [2.05, 4.69) is 0 Å². The smallest absolute Gasteiger partial charge is 0.411 e. The Morgan fingerprint density at radius 1 is 0.900 bits per heavy atom. The molecular formula is C31H40N2O7. The number of hydrogen-bond acceptors (Lipinski definition) is 7.